The number of carbonyl (C=O) groups excluding carboxylic acids is 1. The fourth-order valence-electron chi connectivity index (χ4n) is 7.95. The molecule has 0 aromatic rings. The van der Waals surface area contributed by atoms with Crippen LogP contribution < -0.4 is 5.32 Å². The van der Waals surface area contributed by atoms with Crippen molar-refractivity contribution in [3.63, 3.8) is 0 Å². The Hall–Kier alpha value is -0.870. The Morgan fingerprint density at radius 3 is 0.963 bits per heavy atom. The minimum absolute atomic E-state index is 0.0594. The van der Waals surface area contributed by atoms with E-state index in [1.165, 1.54) is 238 Å². The maximum absolute atomic E-state index is 12.4. The van der Waals surface area contributed by atoms with Gasteiger partial charge in [0.2, 0.25) is 5.91 Å². The molecule has 1 amide bonds. The summed E-state index contributed by atoms with van der Waals surface area (Å²) in [4.78, 5) is 12.4. The van der Waals surface area contributed by atoms with Gasteiger partial charge in [-0.2, -0.15) is 0 Å². The molecule has 2 atom stereocenters. The van der Waals surface area contributed by atoms with Crippen LogP contribution in [0.4, 0.5) is 0 Å². The molecule has 0 fully saturated rings. The number of amides is 1. The minimum Gasteiger partial charge on any atom is -0.394 e. The van der Waals surface area contributed by atoms with Crippen molar-refractivity contribution in [2.75, 3.05) is 6.61 Å². The van der Waals surface area contributed by atoms with Crippen LogP contribution in [0, 0.1) is 0 Å². The molecule has 2 unspecified atom stereocenters. The van der Waals surface area contributed by atoms with E-state index in [4.69, 9.17) is 0 Å². The fraction of sp³-hybridized carbons (Fsp3) is 0.940. The van der Waals surface area contributed by atoms with Crippen LogP contribution in [0.15, 0.2) is 12.2 Å². The highest BCUT2D eigenvalue weighted by Gasteiger charge is 2.18. The van der Waals surface area contributed by atoms with Crippen LogP contribution in [-0.4, -0.2) is 34.9 Å². The molecule has 54 heavy (non-hydrogen) atoms. The lowest BCUT2D eigenvalue weighted by atomic mass is 10.0. The van der Waals surface area contributed by atoms with E-state index in [9.17, 15) is 15.0 Å². The number of hydrogen-bond donors (Lipinski definition) is 3. The summed E-state index contributed by atoms with van der Waals surface area (Å²) in [5.41, 5.74) is 0. The first kappa shape index (κ1) is 53.1. The van der Waals surface area contributed by atoms with Crippen LogP contribution in [0.1, 0.15) is 284 Å². The second-order valence-corrected chi connectivity index (χ2v) is 17.2. The van der Waals surface area contributed by atoms with Gasteiger partial charge in [-0.25, -0.2) is 0 Å². The Kier molecular flexibility index (Phi) is 45.8. The van der Waals surface area contributed by atoms with Gasteiger partial charge in [0.15, 0.2) is 0 Å². The molecule has 3 N–H and O–H groups in total. The van der Waals surface area contributed by atoms with E-state index in [0.717, 1.165) is 25.7 Å². The number of rotatable bonds is 46. The van der Waals surface area contributed by atoms with Crippen LogP contribution in [-0.2, 0) is 4.79 Å². The normalized spacial score (nSPS) is 12.9. The maximum Gasteiger partial charge on any atom is 0.220 e. The molecular weight excluding hydrogens is 663 g/mol. The lowest BCUT2D eigenvalue weighted by Gasteiger charge is -2.20. The van der Waals surface area contributed by atoms with Crippen molar-refractivity contribution < 1.29 is 15.0 Å². The maximum atomic E-state index is 12.4. The predicted molar refractivity (Wildman–Crippen MR) is 239 cm³/mol. The van der Waals surface area contributed by atoms with Gasteiger partial charge < -0.3 is 15.5 Å². The highest BCUT2D eigenvalue weighted by Crippen LogP contribution is 2.17. The van der Waals surface area contributed by atoms with Crippen LogP contribution >= 0.6 is 0 Å². The van der Waals surface area contributed by atoms with Crippen molar-refractivity contribution in [1.29, 1.82) is 0 Å². The molecule has 0 rings (SSSR count). The number of nitrogens with one attached hydrogen (secondary N) is 1. The second-order valence-electron chi connectivity index (χ2n) is 17.2. The van der Waals surface area contributed by atoms with Gasteiger partial charge in [-0.15, -0.1) is 0 Å². The predicted octanol–water partition coefficient (Wildman–Crippen LogP) is 15.8. The zero-order valence-corrected chi connectivity index (χ0v) is 37.0. The topological polar surface area (TPSA) is 69.6 Å². The number of aliphatic hydroxyl groups excluding tert-OH is 2. The van der Waals surface area contributed by atoms with Gasteiger partial charge in [-0.1, -0.05) is 270 Å². The zero-order chi connectivity index (χ0) is 39.3. The molecule has 0 aromatic heterocycles. The van der Waals surface area contributed by atoms with Crippen LogP contribution in [0.2, 0.25) is 0 Å². The van der Waals surface area contributed by atoms with Gasteiger partial charge in [0.1, 0.15) is 0 Å². The van der Waals surface area contributed by atoms with Gasteiger partial charge in [0.25, 0.3) is 0 Å². The van der Waals surface area contributed by atoms with Gasteiger partial charge in [0, 0.05) is 6.42 Å². The highest BCUT2D eigenvalue weighted by atomic mass is 16.3. The number of unbranched alkanes of at least 4 members (excludes halogenated alkanes) is 39. The summed E-state index contributed by atoms with van der Waals surface area (Å²) in [6, 6.07) is -0.615. The van der Waals surface area contributed by atoms with Crippen LogP contribution in [0.5, 0.6) is 0 Å². The van der Waals surface area contributed by atoms with Crippen molar-refractivity contribution >= 4 is 5.91 Å². The molecule has 0 saturated heterocycles. The van der Waals surface area contributed by atoms with Crippen molar-refractivity contribution in [1.82, 2.24) is 5.32 Å². The third-order valence-electron chi connectivity index (χ3n) is 11.8. The Labute approximate surface area is 339 Å². The van der Waals surface area contributed by atoms with Gasteiger partial charge >= 0.3 is 0 Å². The molecule has 4 heteroatoms. The monoisotopic (exact) mass is 762 g/mol. The van der Waals surface area contributed by atoms with Gasteiger partial charge in [0.05, 0.1) is 18.8 Å². The average Bonchev–Trinajstić information content (AvgIpc) is 3.18. The molecule has 0 heterocycles. The summed E-state index contributed by atoms with van der Waals surface area (Å²) in [5.74, 6) is -0.0594. The van der Waals surface area contributed by atoms with E-state index < -0.39 is 12.1 Å². The van der Waals surface area contributed by atoms with E-state index in [-0.39, 0.29) is 12.5 Å². The first-order chi connectivity index (χ1) is 26.7. The zero-order valence-electron chi connectivity index (χ0n) is 37.0. The Morgan fingerprint density at radius 2 is 0.685 bits per heavy atom. The summed E-state index contributed by atoms with van der Waals surface area (Å²) in [5, 5.41) is 23.0. The first-order valence-electron chi connectivity index (χ1n) is 24.9. The smallest absolute Gasteiger partial charge is 0.220 e. The van der Waals surface area contributed by atoms with E-state index in [1.807, 2.05) is 6.08 Å². The number of hydrogen-bond acceptors (Lipinski definition) is 3. The standard InChI is InChI=1S/C50H99NO3/c1-3-5-7-9-11-13-15-16-17-18-19-20-21-22-23-24-25-26-27-28-29-30-31-32-33-34-36-38-40-42-44-46-50(54)51-48(47-52)49(53)45-43-41-39-37-35-14-12-10-8-6-4-2/h43,45,48-49,52-53H,3-42,44,46-47H2,1-2H3,(H,51,54)/b45-43+. The summed E-state index contributed by atoms with van der Waals surface area (Å²) < 4.78 is 0. The second kappa shape index (κ2) is 46.5. The Balaban J connectivity index is 3.38. The molecular formula is C50H99NO3. The lowest BCUT2D eigenvalue weighted by molar-refractivity contribution is -0.123. The summed E-state index contributed by atoms with van der Waals surface area (Å²) in [6.45, 7) is 4.32. The molecule has 322 valence electrons. The van der Waals surface area contributed by atoms with E-state index >= 15 is 0 Å². The molecule has 0 aliphatic carbocycles. The summed E-state index contributed by atoms with van der Waals surface area (Å²) in [6.07, 6.45) is 59.3. The Morgan fingerprint density at radius 1 is 0.426 bits per heavy atom. The number of carbonyl (C=O) groups is 1. The molecule has 4 nitrogen and oxygen atoms in total. The first-order valence-corrected chi connectivity index (χ1v) is 24.9. The van der Waals surface area contributed by atoms with Gasteiger partial charge in [-0.3, -0.25) is 4.79 Å². The fourth-order valence-corrected chi connectivity index (χ4v) is 7.95. The minimum atomic E-state index is -0.833. The molecule has 0 spiro atoms. The van der Waals surface area contributed by atoms with Crippen LogP contribution in [0.3, 0.4) is 0 Å². The van der Waals surface area contributed by atoms with Crippen molar-refractivity contribution in [2.24, 2.45) is 0 Å². The van der Waals surface area contributed by atoms with Crippen molar-refractivity contribution in [2.45, 2.75) is 296 Å². The number of allylic oxidation sites excluding steroid dienone is 1. The molecule has 0 aromatic carbocycles. The highest BCUT2D eigenvalue weighted by molar-refractivity contribution is 5.76. The van der Waals surface area contributed by atoms with Crippen molar-refractivity contribution in [3.8, 4) is 0 Å². The van der Waals surface area contributed by atoms with E-state index in [1.54, 1.807) is 6.08 Å². The van der Waals surface area contributed by atoms with Crippen molar-refractivity contribution in [3.05, 3.63) is 12.2 Å². The lowest BCUT2D eigenvalue weighted by Crippen LogP contribution is -2.45. The quantitative estimate of drug-likeness (QED) is 0.0427. The average molecular weight is 762 g/mol. The summed E-state index contributed by atoms with van der Waals surface area (Å²) >= 11 is 0. The van der Waals surface area contributed by atoms with Gasteiger partial charge in [-0.05, 0) is 19.3 Å². The molecule has 0 aliphatic heterocycles. The SMILES string of the molecule is CCCCCCCCCCC/C=C/C(O)C(CO)NC(=O)CCCCCCCCCCCCCCCCCCCCCCCCCCCCCCCCC. The number of aliphatic hydroxyl groups is 2. The van der Waals surface area contributed by atoms with E-state index in [0.29, 0.717) is 6.42 Å². The molecule has 0 radical (unpaired) electrons. The van der Waals surface area contributed by atoms with Crippen LogP contribution in [0.25, 0.3) is 0 Å². The molecule has 0 bridgehead atoms. The van der Waals surface area contributed by atoms with E-state index in [2.05, 4.69) is 19.2 Å². The third-order valence-corrected chi connectivity index (χ3v) is 11.8. The third kappa shape index (κ3) is 42.3. The molecule has 0 aliphatic rings. The summed E-state index contributed by atoms with van der Waals surface area (Å²) in [7, 11) is 0. The Bertz CT molecular complexity index is 739. The molecule has 0 saturated carbocycles. The largest absolute Gasteiger partial charge is 0.394 e.